The molecule has 0 aliphatic carbocycles. The smallest absolute Gasteiger partial charge is 0.141 e. The van der Waals surface area contributed by atoms with Crippen molar-refractivity contribution in [2.75, 3.05) is 0 Å². The van der Waals surface area contributed by atoms with Crippen LogP contribution >= 0.6 is 33.8 Å². The van der Waals surface area contributed by atoms with Crippen LogP contribution in [0.25, 0.3) is 0 Å². The Hall–Kier alpha value is 0.827. The highest BCUT2D eigenvalue weighted by Crippen LogP contribution is 2.14. The maximum absolute atomic E-state index is 5.57. The second-order valence-electron chi connectivity index (χ2n) is 1.25. The fourth-order valence-electron chi connectivity index (χ4n) is 0.111. The third kappa shape index (κ3) is 6.83. The first-order chi connectivity index (χ1) is 3.06. The average Bonchev–Trinajstić information content (AvgIpc) is 1.30. The lowest BCUT2D eigenvalue weighted by atomic mass is 11.3. The SMILES string of the molecule is C[Si](Cl)(Cl)/C=C/Cl. The summed E-state index contributed by atoms with van der Waals surface area (Å²) in [4.78, 5) is 0. The molecule has 0 saturated carbocycles. The van der Waals surface area contributed by atoms with E-state index in [0.29, 0.717) is 0 Å². The summed E-state index contributed by atoms with van der Waals surface area (Å²) in [5, 5.41) is 0. The molecular weight excluding hydrogens is 170 g/mol. The van der Waals surface area contributed by atoms with Crippen LogP contribution in [0.1, 0.15) is 0 Å². The Kier molecular flexibility index (Phi) is 3.33. The van der Waals surface area contributed by atoms with E-state index in [1.165, 1.54) is 5.54 Å². The van der Waals surface area contributed by atoms with E-state index in [0.717, 1.165) is 0 Å². The summed E-state index contributed by atoms with van der Waals surface area (Å²) < 4.78 is 0. The monoisotopic (exact) mass is 174 g/mol. The molecule has 0 aromatic carbocycles. The zero-order chi connectivity index (χ0) is 5.91. The van der Waals surface area contributed by atoms with E-state index in [1.807, 2.05) is 0 Å². The lowest BCUT2D eigenvalue weighted by Gasteiger charge is -1.97. The molecule has 0 nitrogen and oxygen atoms in total. The van der Waals surface area contributed by atoms with E-state index in [4.69, 9.17) is 33.8 Å². The summed E-state index contributed by atoms with van der Waals surface area (Å²) in [6, 6.07) is 0. The van der Waals surface area contributed by atoms with Crippen molar-refractivity contribution in [3.05, 3.63) is 11.2 Å². The molecule has 0 amide bonds. The molecule has 4 heteroatoms. The number of hydrogen-bond acceptors (Lipinski definition) is 0. The number of halogens is 3. The highest BCUT2D eigenvalue weighted by molar-refractivity contribution is 7.47. The normalized spacial score (nSPS) is 13.1. The summed E-state index contributed by atoms with van der Waals surface area (Å²) in [6.45, 7) is -0.252. The number of hydrogen-bond donors (Lipinski definition) is 0. The van der Waals surface area contributed by atoms with Crippen molar-refractivity contribution >= 4 is 40.5 Å². The van der Waals surface area contributed by atoms with Crippen LogP contribution in [0.4, 0.5) is 0 Å². The van der Waals surface area contributed by atoms with Gasteiger partial charge in [0.1, 0.15) is 0 Å². The second kappa shape index (κ2) is 2.97. The molecule has 0 aromatic heterocycles. The zero-order valence-electron chi connectivity index (χ0n) is 3.79. The van der Waals surface area contributed by atoms with Gasteiger partial charge >= 0.3 is 0 Å². The lowest BCUT2D eigenvalue weighted by molar-refractivity contribution is 2.17. The molecular formula is C3H5Cl3Si. The predicted octanol–water partition coefficient (Wildman–Crippen LogP) is 2.83. The second-order valence-corrected chi connectivity index (χ2v) is 9.04. The Morgan fingerprint density at radius 1 is 1.43 bits per heavy atom. The minimum atomic E-state index is -2.03. The summed E-state index contributed by atoms with van der Waals surface area (Å²) in [6.07, 6.45) is 0. The van der Waals surface area contributed by atoms with Crippen molar-refractivity contribution in [2.45, 2.75) is 6.55 Å². The molecule has 0 aliphatic heterocycles. The molecule has 0 spiro atoms. The molecule has 0 unspecified atom stereocenters. The first kappa shape index (κ1) is 7.83. The molecule has 0 saturated heterocycles. The largest absolute Gasteiger partial charge is 0.271 e. The maximum atomic E-state index is 5.57. The van der Waals surface area contributed by atoms with E-state index in [1.54, 1.807) is 12.2 Å². The van der Waals surface area contributed by atoms with Gasteiger partial charge in [0.05, 0.1) is 0 Å². The van der Waals surface area contributed by atoms with Crippen molar-refractivity contribution in [3.8, 4) is 0 Å². The van der Waals surface area contributed by atoms with Crippen molar-refractivity contribution in [3.63, 3.8) is 0 Å². The number of rotatable bonds is 1. The third-order valence-corrected chi connectivity index (χ3v) is 2.20. The Labute approximate surface area is 58.5 Å². The molecule has 0 aliphatic rings. The van der Waals surface area contributed by atoms with Gasteiger partial charge in [0.15, 0.2) is 0 Å². The van der Waals surface area contributed by atoms with E-state index in [2.05, 4.69) is 0 Å². The van der Waals surface area contributed by atoms with Crippen LogP contribution in [-0.2, 0) is 0 Å². The highest BCUT2D eigenvalue weighted by atomic mass is 35.7. The molecule has 0 bridgehead atoms. The van der Waals surface area contributed by atoms with Crippen LogP contribution < -0.4 is 0 Å². The van der Waals surface area contributed by atoms with E-state index < -0.39 is 6.69 Å². The quantitative estimate of drug-likeness (QED) is 0.425. The van der Waals surface area contributed by atoms with Gasteiger partial charge in [-0.15, -0.1) is 22.2 Å². The van der Waals surface area contributed by atoms with E-state index in [9.17, 15) is 0 Å². The van der Waals surface area contributed by atoms with Gasteiger partial charge in [-0.1, -0.05) is 17.3 Å². The molecule has 42 valence electrons. The van der Waals surface area contributed by atoms with Crippen molar-refractivity contribution in [2.24, 2.45) is 0 Å². The van der Waals surface area contributed by atoms with Crippen LogP contribution in [0.3, 0.4) is 0 Å². The van der Waals surface area contributed by atoms with Gasteiger partial charge in [0.25, 0.3) is 6.69 Å². The maximum Gasteiger partial charge on any atom is 0.271 e. The Bertz CT molecular complexity index is 72.7. The van der Waals surface area contributed by atoms with Crippen molar-refractivity contribution in [1.29, 1.82) is 0 Å². The van der Waals surface area contributed by atoms with Gasteiger partial charge in [-0.3, -0.25) is 0 Å². The minimum absolute atomic E-state index is 1.35. The minimum Gasteiger partial charge on any atom is -0.141 e. The van der Waals surface area contributed by atoms with Gasteiger partial charge < -0.3 is 0 Å². The lowest BCUT2D eigenvalue weighted by Crippen LogP contribution is -2.06. The Balaban J connectivity index is 3.56. The van der Waals surface area contributed by atoms with Crippen LogP contribution in [0, 0.1) is 0 Å². The first-order valence-electron chi connectivity index (χ1n) is 1.72. The average molecular weight is 176 g/mol. The van der Waals surface area contributed by atoms with Crippen LogP contribution in [0.2, 0.25) is 6.55 Å². The standard InChI is InChI=1S/C3H5Cl3Si/c1-7(5,6)3-2-4/h2-3H,1H3/b3-2+. The van der Waals surface area contributed by atoms with Crippen molar-refractivity contribution < 1.29 is 0 Å². The van der Waals surface area contributed by atoms with Crippen LogP contribution in [0.15, 0.2) is 11.2 Å². The molecule has 0 fully saturated rings. The topological polar surface area (TPSA) is 0 Å². The van der Waals surface area contributed by atoms with E-state index >= 15 is 0 Å². The predicted molar refractivity (Wildman–Crippen MR) is 38.3 cm³/mol. The summed E-state index contributed by atoms with van der Waals surface area (Å²) in [7, 11) is 0. The summed E-state index contributed by atoms with van der Waals surface area (Å²) in [5.41, 5.74) is 2.98. The Morgan fingerprint density at radius 3 is 1.86 bits per heavy atom. The zero-order valence-corrected chi connectivity index (χ0v) is 7.06. The van der Waals surface area contributed by atoms with Gasteiger partial charge in [0, 0.05) is 0 Å². The molecule has 0 heterocycles. The molecule has 0 aromatic rings. The van der Waals surface area contributed by atoms with Crippen LogP contribution in [0.5, 0.6) is 0 Å². The van der Waals surface area contributed by atoms with Gasteiger partial charge in [0.2, 0.25) is 0 Å². The van der Waals surface area contributed by atoms with Crippen LogP contribution in [-0.4, -0.2) is 6.69 Å². The van der Waals surface area contributed by atoms with E-state index in [-0.39, 0.29) is 0 Å². The molecule has 0 atom stereocenters. The van der Waals surface area contributed by atoms with Gasteiger partial charge in [-0.25, -0.2) is 0 Å². The molecule has 7 heavy (non-hydrogen) atoms. The van der Waals surface area contributed by atoms with Crippen molar-refractivity contribution in [1.82, 2.24) is 0 Å². The molecule has 0 rings (SSSR count). The summed E-state index contributed by atoms with van der Waals surface area (Å²) in [5.74, 6) is 0. The highest BCUT2D eigenvalue weighted by Gasteiger charge is 2.14. The molecule has 0 N–H and O–H groups in total. The fraction of sp³-hybridized carbons (Fsp3) is 0.333. The summed E-state index contributed by atoms with van der Waals surface area (Å²) >= 11 is 16.3. The van der Waals surface area contributed by atoms with Gasteiger partial charge in [-0.2, -0.15) is 0 Å². The third-order valence-electron chi connectivity index (χ3n) is 0.356. The van der Waals surface area contributed by atoms with Gasteiger partial charge in [-0.05, 0) is 12.1 Å². The Morgan fingerprint density at radius 2 is 1.86 bits per heavy atom. The molecule has 0 radical (unpaired) electrons. The first-order valence-corrected chi connectivity index (χ1v) is 6.76. The fourth-order valence-corrected chi connectivity index (χ4v) is 1.85.